The Hall–Kier alpha value is 1.02. The second kappa shape index (κ2) is 4.72. The molecule has 1 heterocycles. The monoisotopic (exact) mass is 461 g/mol. The molecule has 1 aliphatic heterocycles. The third-order valence-corrected chi connectivity index (χ3v) is 6.70. The van der Waals surface area contributed by atoms with E-state index in [-0.39, 0.29) is 4.45 Å². The fourth-order valence-corrected chi connectivity index (χ4v) is 4.16. The van der Waals surface area contributed by atoms with Crippen molar-refractivity contribution in [2.75, 3.05) is 6.54 Å². The lowest BCUT2D eigenvalue weighted by atomic mass is 10.1. The fraction of sp³-hybridized carbons (Fsp3) is 0.250. The van der Waals surface area contributed by atoms with Crippen LogP contribution in [0.3, 0.4) is 0 Å². The summed E-state index contributed by atoms with van der Waals surface area (Å²) in [5, 5.41) is 0. The molecule has 1 aromatic rings. The first-order valence-corrected chi connectivity index (χ1v) is 7.07. The number of alkyl halides is 1. The minimum absolute atomic E-state index is 0.290. The normalized spacial score (nSPS) is 29.9. The SMILES string of the molecule is BrN1CC(Br)(c2ccccc2)N(Br)N1Br. The van der Waals surface area contributed by atoms with Crippen LogP contribution in [0.2, 0.25) is 0 Å². The predicted octanol–water partition coefficient (Wildman–Crippen LogP) is 3.91. The van der Waals surface area contributed by atoms with Crippen LogP contribution in [0.4, 0.5) is 0 Å². The van der Waals surface area contributed by atoms with Crippen molar-refractivity contribution in [2.24, 2.45) is 0 Å². The predicted molar refractivity (Wildman–Crippen MR) is 74.2 cm³/mol. The van der Waals surface area contributed by atoms with E-state index in [0.717, 1.165) is 6.54 Å². The Kier molecular flexibility index (Phi) is 3.92. The molecule has 0 aliphatic carbocycles. The van der Waals surface area contributed by atoms with Crippen molar-refractivity contribution < 1.29 is 0 Å². The number of rotatable bonds is 1. The molecule has 1 saturated heterocycles. The molecule has 0 saturated carbocycles. The van der Waals surface area contributed by atoms with E-state index in [1.54, 1.807) is 4.14 Å². The van der Waals surface area contributed by atoms with Gasteiger partial charge in [0.1, 0.15) is 4.45 Å². The van der Waals surface area contributed by atoms with Gasteiger partial charge in [0.05, 0.1) is 6.54 Å². The number of halogens is 4. The molecule has 1 aromatic carbocycles. The number of benzene rings is 1. The minimum atomic E-state index is -0.290. The van der Waals surface area contributed by atoms with Gasteiger partial charge >= 0.3 is 0 Å². The highest BCUT2D eigenvalue weighted by Gasteiger charge is 2.47. The summed E-state index contributed by atoms with van der Waals surface area (Å²) in [4.78, 5) is 0. The summed E-state index contributed by atoms with van der Waals surface area (Å²) in [7, 11) is 0. The standard InChI is InChI=1S/C8H7Br4N3/c9-8(7-4-2-1-3-5-7)6-13(10)15(12)14(8)11/h1-5H,6H2. The summed E-state index contributed by atoms with van der Waals surface area (Å²) in [5.74, 6) is 0. The van der Waals surface area contributed by atoms with Crippen LogP contribution in [0.1, 0.15) is 5.56 Å². The molecule has 3 nitrogen and oxygen atoms in total. The van der Waals surface area contributed by atoms with E-state index in [4.69, 9.17) is 0 Å². The van der Waals surface area contributed by atoms with Crippen LogP contribution in [0.15, 0.2) is 30.3 Å². The number of nitrogens with zero attached hydrogens (tertiary/aromatic N) is 3. The third kappa shape index (κ3) is 2.20. The maximum absolute atomic E-state index is 3.74. The van der Waals surface area contributed by atoms with Crippen LogP contribution >= 0.6 is 64.4 Å². The van der Waals surface area contributed by atoms with Gasteiger partial charge < -0.3 is 0 Å². The Bertz CT molecular complexity index is 349. The maximum Gasteiger partial charge on any atom is 0.144 e. The largest absolute Gasteiger partial charge is 0.148 e. The van der Waals surface area contributed by atoms with Gasteiger partial charge in [-0.15, -0.1) is 8.07 Å². The van der Waals surface area contributed by atoms with Crippen LogP contribution in [-0.2, 0) is 4.45 Å². The van der Waals surface area contributed by atoms with Crippen LogP contribution in [0.25, 0.3) is 0 Å². The first-order chi connectivity index (χ1) is 7.05. The molecule has 15 heavy (non-hydrogen) atoms. The molecule has 0 radical (unpaired) electrons. The van der Waals surface area contributed by atoms with E-state index < -0.39 is 0 Å². The number of hydrazine groups is 2. The molecule has 0 bridgehead atoms. The second-order valence-electron chi connectivity index (χ2n) is 3.12. The summed E-state index contributed by atoms with van der Waals surface area (Å²) in [6, 6.07) is 10.2. The highest BCUT2D eigenvalue weighted by Crippen LogP contribution is 2.47. The number of hydrogen-bond acceptors (Lipinski definition) is 3. The van der Waals surface area contributed by atoms with Gasteiger partial charge in [0.2, 0.25) is 0 Å². The van der Waals surface area contributed by atoms with Crippen molar-refractivity contribution >= 4 is 64.4 Å². The fourth-order valence-electron chi connectivity index (χ4n) is 1.40. The topological polar surface area (TPSA) is 9.72 Å². The molecule has 1 aliphatic rings. The Balaban J connectivity index is 2.36. The molecular weight excluding hydrogens is 458 g/mol. The quantitative estimate of drug-likeness (QED) is 0.354. The summed E-state index contributed by atoms with van der Waals surface area (Å²) >= 11 is 14.1. The van der Waals surface area contributed by atoms with Gasteiger partial charge in [-0.2, -0.15) is 0 Å². The lowest BCUT2D eigenvalue weighted by Crippen LogP contribution is -2.33. The van der Waals surface area contributed by atoms with Gasteiger partial charge in [-0.3, -0.25) is 0 Å². The van der Waals surface area contributed by atoms with Crippen LogP contribution < -0.4 is 0 Å². The van der Waals surface area contributed by atoms with Crippen molar-refractivity contribution in [1.82, 2.24) is 12.2 Å². The van der Waals surface area contributed by atoms with Crippen molar-refractivity contribution in [3.63, 3.8) is 0 Å². The molecule has 0 spiro atoms. The smallest absolute Gasteiger partial charge is 0.144 e. The molecule has 0 amide bonds. The highest BCUT2D eigenvalue weighted by molar-refractivity contribution is 9.12. The zero-order valence-electron chi connectivity index (χ0n) is 7.45. The summed E-state index contributed by atoms with van der Waals surface area (Å²) in [6.07, 6.45) is 0. The first kappa shape index (κ1) is 12.5. The van der Waals surface area contributed by atoms with Crippen LogP contribution in [-0.4, -0.2) is 18.8 Å². The maximum atomic E-state index is 3.74. The average molecular weight is 465 g/mol. The van der Waals surface area contributed by atoms with E-state index in [1.807, 2.05) is 26.3 Å². The molecule has 82 valence electrons. The molecule has 1 fully saturated rings. The highest BCUT2D eigenvalue weighted by atomic mass is 79.9. The molecule has 1 unspecified atom stereocenters. The van der Waals surface area contributed by atoms with Gasteiger partial charge in [0.25, 0.3) is 0 Å². The summed E-state index contributed by atoms with van der Waals surface area (Å²) in [6.45, 7) is 0.757. The Morgan fingerprint density at radius 2 is 1.67 bits per heavy atom. The first-order valence-electron chi connectivity index (χ1n) is 4.15. The van der Waals surface area contributed by atoms with Gasteiger partial charge in [-0.1, -0.05) is 50.4 Å². The van der Waals surface area contributed by atoms with E-state index in [0.29, 0.717) is 0 Å². The minimum Gasteiger partial charge on any atom is -0.148 e. The van der Waals surface area contributed by atoms with Crippen LogP contribution in [0.5, 0.6) is 0 Å². The summed E-state index contributed by atoms with van der Waals surface area (Å²) in [5.41, 5.74) is 1.17. The molecule has 0 aromatic heterocycles. The zero-order valence-corrected chi connectivity index (χ0v) is 13.8. The van der Waals surface area contributed by atoms with E-state index in [9.17, 15) is 0 Å². The van der Waals surface area contributed by atoms with Gasteiger partial charge in [0, 0.05) is 48.4 Å². The van der Waals surface area contributed by atoms with Crippen molar-refractivity contribution in [2.45, 2.75) is 4.45 Å². The van der Waals surface area contributed by atoms with Crippen molar-refractivity contribution in [1.29, 1.82) is 0 Å². The van der Waals surface area contributed by atoms with Gasteiger partial charge in [-0.05, 0) is 5.56 Å². The summed E-state index contributed by atoms with van der Waals surface area (Å²) < 4.78 is 5.21. The number of hydrogen-bond donors (Lipinski definition) is 0. The van der Waals surface area contributed by atoms with E-state index in [2.05, 4.69) is 76.5 Å². The van der Waals surface area contributed by atoms with Gasteiger partial charge in [0.15, 0.2) is 0 Å². The molecule has 0 N–H and O–H groups in total. The second-order valence-corrected chi connectivity index (χ2v) is 6.56. The zero-order chi connectivity index (χ0) is 11.1. The average Bonchev–Trinajstić information content (AvgIpc) is 2.45. The van der Waals surface area contributed by atoms with E-state index in [1.165, 1.54) is 5.56 Å². The molecule has 1 atom stereocenters. The molecule has 2 rings (SSSR count). The van der Waals surface area contributed by atoms with Gasteiger partial charge in [-0.25, -0.2) is 0 Å². The Labute approximate surface area is 122 Å². The van der Waals surface area contributed by atoms with E-state index >= 15 is 0 Å². The third-order valence-electron chi connectivity index (χ3n) is 2.17. The van der Waals surface area contributed by atoms with Crippen molar-refractivity contribution in [3.05, 3.63) is 35.9 Å². The lowest BCUT2D eigenvalue weighted by Gasteiger charge is -2.27. The Morgan fingerprint density at radius 3 is 2.13 bits per heavy atom. The lowest BCUT2D eigenvalue weighted by molar-refractivity contribution is 0.144. The molecule has 7 heteroatoms. The van der Waals surface area contributed by atoms with Crippen molar-refractivity contribution in [3.8, 4) is 0 Å². The Morgan fingerprint density at radius 1 is 1.07 bits per heavy atom. The van der Waals surface area contributed by atoms with Crippen LogP contribution in [0, 0.1) is 0 Å². The molecular formula is C8H7Br4N3.